The smallest absolute Gasteiger partial charge is 0.282 e. The number of hydrogen-bond donors (Lipinski definition) is 2. The van der Waals surface area contributed by atoms with E-state index in [1.807, 2.05) is 0 Å². The fourth-order valence-corrected chi connectivity index (χ4v) is 6.82. The summed E-state index contributed by atoms with van der Waals surface area (Å²) < 4.78 is 90.6. The lowest BCUT2D eigenvalue weighted by Gasteiger charge is -2.12. The standard InChI is InChI=1S/C12H8Br2O8S3/c13-7-1-3-9(11(5-7)24(17,18)19)23(15,16)10-4-2-8(14)6-12(10)25(20,21)22/h1-6H,(H,17,18,19)(H,20,21,22). The molecule has 2 aromatic carbocycles. The van der Waals surface area contributed by atoms with Gasteiger partial charge in [0.25, 0.3) is 20.2 Å². The molecule has 0 aliphatic heterocycles. The maximum Gasteiger partial charge on any atom is 0.295 e. The molecule has 25 heavy (non-hydrogen) atoms. The highest BCUT2D eigenvalue weighted by atomic mass is 79.9. The van der Waals surface area contributed by atoms with E-state index in [-0.39, 0.29) is 8.95 Å². The lowest BCUT2D eigenvalue weighted by atomic mass is 10.4. The van der Waals surface area contributed by atoms with Crippen LogP contribution in [0.3, 0.4) is 0 Å². The van der Waals surface area contributed by atoms with Crippen molar-refractivity contribution in [1.29, 1.82) is 0 Å². The summed E-state index contributed by atoms with van der Waals surface area (Å²) in [5.74, 6) is 0. The van der Waals surface area contributed by atoms with Crippen LogP contribution in [0.4, 0.5) is 0 Å². The number of rotatable bonds is 4. The van der Waals surface area contributed by atoms with Crippen molar-refractivity contribution in [3.8, 4) is 0 Å². The van der Waals surface area contributed by atoms with Crippen LogP contribution in [0.1, 0.15) is 0 Å². The summed E-state index contributed by atoms with van der Waals surface area (Å²) in [6.45, 7) is 0. The predicted molar refractivity (Wildman–Crippen MR) is 93.4 cm³/mol. The second-order valence-electron chi connectivity index (χ2n) is 4.64. The normalized spacial score (nSPS) is 13.0. The fourth-order valence-electron chi connectivity index (χ4n) is 1.93. The highest BCUT2D eigenvalue weighted by Crippen LogP contribution is 2.33. The Kier molecular flexibility index (Phi) is 5.50. The fraction of sp³-hybridized carbons (Fsp3) is 0. The van der Waals surface area contributed by atoms with Gasteiger partial charge in [-0.1, -0.05) is 31.9 Å². The van der Waals surface area contributed by atoms with Crippen molar-refractivity contribution in [3.05, 3.63) is 45.3 Å². The average molecular weight is 536 g/mol. The third kappa shape index (κ3) is 4.30. The molecular weight excluding hydrogens is 528 g/mol. The first-order valence-corrected chi connectivity index (χ1v) is 12.0. The van der Waals surface area contributed by atoms with Crippen molar-refractivity contribution in [3.63, 3.8) is 0 Å². The number of sulfone groups is 1. The molecule has 0 bridgehead atoms. The first-order valence-electron chi connectivity index (χ1n) is 6.04. The van der Waals surface area contributed by atoms with E-state index in [1.54, 1.807) is 0 Å². The van der Waals surface area contributed by atoms with Crippen LogP contribution in [-0.4, -0.2) is 34.4 Å². The summed E-state index contributed by atoms with van der Waals surface area (Å²) in [6, 6.07) is 5.89. The first kappa shape index (κ1) is 20.5. The van der Waals surface area contributed by atoms with E-state index in [4.69, 9.17) is 0 Å². The van der Waals surface area contributed by atoms with E-state index in [9.17, 15) is 34.4 Å². The molecule has 0 aromatic heterocycles. The van der Waals surface area contributed by atoms with Gasteiger partial charge < -0.3 is 0 Å². The van der Waals surface area contributed by atoms with Crippen LogP contribution < -0.4 is 0 Å². The Morgan fingerprint density at radius 1 is 0.600 bits per heavy atom. The van der Waals surface area contributed by atoms with Crippen molar-refractivity contribution in [2.45, 2.75) is 19.6 Å². The van der Waals surface area contributed by atoms with E-state index < -0.39 is 49.7 Å². The van der Waals surface area contributed by atoms with Crippen LogP contribution in [0, 0.1) is 0 Å². The first-order chi connectivity index (χ1) is 11.2. The second kappa shape index (κ2) is 6.72. The number of benzene rings is 2. The van der Waals surface area contributed by atoms with Crippen LogP contribution >= 0.6 is 31.9 Å². The highest BCUT2D eigenvalue weighted by molar-refractivity contribution is 9.10. The Hall–Kier alpha value is -0.830. The minimum absolute atomic E-state index is 0.171. The third-order valence-corrected chi connectivity index (χ3v) is 7.85. The Balaban J connectivity index is 2.93. The van der Waals surface area contributed by atoms with Gasteiger partial charge in [-0.15, -0.1) is 0 Å². The van der Waals surface area contributed by atoms with Gasteiger partial charge in [0.15, 0.2) is 0 Å². The van der Waals surface area contributed by atoms with Crippen molar-refractivity contribution in [2.24, 2.45) is 0 Å². The predicted octanol–water partition coefficient (Wildman–Crippen LogP) is 2.54. The molecule has 2 aromatic rings. The second-order valence-corrected chi connectivity index (χ2v) is 11.1. The maximum atomic E-state index is 12.8. The molecule has 0 atom stereocenters. The molecule has 0 radical (unpaired) electrons. The summed E-state index contributed by atoms with van der Waals surface area (Å²) in [7, 11) is -14.6. The Morgan fingerprint density at radius 2 is 0.920 bits per heavy atom. The Bertz CT molecular complexity index is 1080. The van der Waals surface area contributed by atoms with Gasteiger partial charge in [0.05, 0.1) is 9.79 Å². The minimum Gasteiger partial charge on any atom is -0.282 e. The molecule has 2 rings (SSSR count). The lowest BCUT2D eigenvalue weighted by Crippen LogP contribution is -2.13. The van der Waals surface area contributed by atoms with Crippen molar-refractivity contribution >= 4 is 61.9 Å². The van der Waals surface area contributed by atoms with Crippen molar-refractivity contribution in [1.82, 2.24) is 0 Å². The largest absolute Gasteiger partial charge is 0.295 e. The zero-order valence-electron chi connectivity index (χ0n) is 11.8. The van der Waals surface area contributed by atoms with Gasteiger partial charge in [-0.2, -0.15) is 16.8 Å². The molecule has 0 spiro atoms. The quantitative estimate of drug-likeness (QED) is 0.568. The summed E-state index contributed by atoms with van der Waals surface area (Å²) in [4.78, 5) is -3.56. The molecule has 136 valence electrons. The monoisotopic (exact) mass is 534 g/mol. The molecule has 13 heteroatoms. The number of hydrogen-bond acceptors (Lipinski definition) is 6. The summed E-state index contributed by atoms with van der Waals surface area (Å²) >= 11 is 5.91. The van der Waals surface area contributed by atoms with Crippen LogP contribution in [0.5, 0.6) is 0 Å². The van der Waals surface area contributed by atoms with Gasteiger partial charge in [0.1, 0.15) is 9.79 Å². The van der Waals surface area contributed by atoms with Crippen LogP contribution in [0.2, 0.25) is 0 Å². The Morgan fingerprint density at radius 3 is 1.20 bits per heavy atom. The van der Waals surface area contributed by atoms with E-state index >= 15 is 0 Å². The molecule has 0 saturated carbocycles. The molecule has 2 N–H and O–H groups in total. The Labute approximate surface area is 160 Å². The SMILES string of the molecule is O=S(=O)(O)c1cc(Br)ccc1S(=O)(=O)c1ccc(Br)cc1S(=O)(=O)O. The van der Waals surface area contributed by atoms with E-state index in [1.165, 1.54) is 12.1 Å². The molecule has 0 heterocycles. The van der Waals surface area contributed by atoms with E-state index in [2.05, 4.69) is 31.9 Å². The van der Waals surface area contributed by atoms with Gasteiger partial charge in [0.2, 0.25) is 9.84 Å². The molecule has 0 unspecified atom stereocenters. The average Bonchev–Trinajstić information content (AvgIpc) is 2.44. The lowest BCUT2D eigenvalue weighted by molar-refractivity contribution is 0.479. The molecule has 0 fully saturated rings. The van der Waals surface area contributed by atoms with Crippen molar-refractivity contribution < 1.29 is 34.4 Å². The van der Waals surface area contributed by atoms with Gasteiger partial charge in [0, 0.05) is 8.95 Å². The molecule has 0 amide bonds. The molecular formula is C12H8Br2O8S3. The summed E-state index contributed by atoms with van der Waals surface area (Å²) in [6.07, 6.45) is 0. The topological polar surface area (TPSA) is 143 Å². The van der Waals surface area contributed by atoms with Crippen molar-refractivity contribution in [2.75, 3.05) is 0 Å². The van der Waals surface area contributed by atoms with Gasteiger partial charge in [-0.3, -0.25) is 9.11 Å². The third-order valence-electron chi connectivity index (χ3n) is 2.95. The zero-order valence-corrected chi connectivity index (χ0v) is 17.4. The van der Waals surface area contributed by atoms with Crippen LogP contribution in [0.15, 0.2) is 64.9 Å². The van der Waals surface area contributed by atoms with Gasteiger partial charge >= 0.3 is 0 Å². The number of halogens is 2. The summed E-state index contributed by atoms with van der Waals surface area (Å²) in [5.41, 5.74) is 0. The van der Waals surface area contributed by atoms with E-state index in [0.717, 1.165) is 24.3 Å². The molecule has 0 aliphatic rings. The summed E-state index contributed by atoms with van der Waals surface area (Å²) in [5, 5.41) is 0. The minimum atomic E-state index is -4.93. The molecule has 0 aliphatic carbocycles. The van der Waals surface area contributed by atoms with Gasteiger partial charge in [-0.05, 0) is 36.4 Å². The van der Waals surface area contributed by atoms with Crippen LogP contribution in [-0.2, 0) is 30.1 Å². The molecule has 0 saturated heterocycles. The highest BCUT2D eigenvalue weighted by Gasteiger charge is 2.32. The maximum absolute atomic E-state index is 12.8. The van der Waals surface area contributed by atoms with Gasteiger partial charge in [-0.25, -0.2) is 8.42 Å². The van der Waals surface area contributed by atoms with Crippen LogP contribution in [0.25, 0.3) is 0 Å². The van der Waals surface area contributed by atoms with E-state index in [0.29, 0.717) is 0 Å². The zero-order chi connectivity index (χ0) is 19.2. The molecule has 8 nitrogen and oxygen atoms in total.